The van der Waals surface area contributed by atoms with Gasteiger partial charge in [0, 0.05) is 36.3 Å². The van der Waals surface area contributed by atoms with E-state index in [1.807, 2.05) is 42.5 Å². The number of aromatic nitrogens is 3. The fraction of sp³-hybridized carbons (Fsp3) is 0.160. The lowest BCUT2D eigenvalue weighted by Gasteiger charge is -2.15. The van der Waals surface area contributed by atoms with E-state index in [9.17, 15) is 0 Å². The van der Waals surface area contributed by atoms with Crippen LogP contribution in [0.25, 0.3) is 11.3 Å². The van der Waals surface area contributed by atoms with Gasteiger partial charge in [-0.2, -0.15) is 4.98 Å². The Bertz CT molecular complexity index is 1090. The number of hydrogen-bond acceptors (Lipinski definition) is 5. The van der Waals surface area contributed by atoms with Crippen molar-refractivity contribution in [3.8, 4) is 11.3 Å². The summed E-state index contributed by atoms with van der Waals surface area (Å²) in [7, 11) is 0. The molecule has 4 rings (SSSR count). The topological polar surface area (TPSA) is 62.7 Å². The first kappa shape index (κ1) is 19.6. The maximum Gasteiger partial charge on any atom is 0.229 e. The third kappa shape index (κ3) is 4.81. The maximum atomic E-state index is 4.78. The number of benzene rings is 2. The first-order valence-corrected chi connectivity index (χ1v) is 10.1. The van der Waals surface area contributed by atoms with Crippen molar-refractivity contribution in [3.63, 3.8) is 0 Å². The second kappa shape index (κ2) is 9.18. The third-order valence-corrected chi connectivity index (χ3v) is 4.85. The fourth-order valence-corrected chi connectivity index (χ4v) is 3.28. The van der Waals surface area contributed by atoms with Crippen LogP contribution in [0.15, 0.2) is 85.2 Å². The monoisotopic (exact) mass is 395 g/mol. The van der Waals surface area contributed by atoms with Crippen LogP contribution in [0.5, 0.6) is 0 Å². The number of anilines is 3. The molecule has 0 saturated heterocycles. The molecule has 0 aliphatic heterocycles. The Kier molecular flexibility index (Phi) is 5.99. The first-order chi connectivity index (χ1) is 14.7. The summed E-state index contributed by atoms with van der Waals surface area (Å²) in [6.45, 7) is 5.03. The number of hydrogen-bond donors (Lipinski definition) is 2. The van der Waals surface area contributed by atoms with Crippen molar-refractivity contribution in [2.75, 3.05) is 10.6 Å². The molecular weight excluding hydrogens is 370 g/mol. The minimum atomic E-state index is 0.398. The van der Waals surface area contributed by atoms with Crippen molar-refractivity contribution in [2.45, 2.75) is 26.3 Å². The number of para-hydroxylation sites is 1. The number of nitrogens with zero attached hydrogens (tertiary/aromatic N) is 3. The number of nitrogens with one attached hydrogen (secondary N) is 2. The molecule has 0 atom stereocenters. The number of rotatable bonds is 7. The summed E-state index contributed by atoms with van der Waals surface area (Å²) in [6, 6.07) is 24.4. The largest absolute Gasteiger partial charge is 0.366 e. The van der Waals surface area contributed by atoms with Gasteiger partial charge in [0.05, 0.1) is 5.69 Å². The lowest BCUT2D eigenvalue weighted by atomic mass is 10.0. The second-order valence-electron chi connectivity index (χ2n) is 7.40. The predicted molar refractivity (Wildman–Crippen MR) is 123 cm³/mol. The van der Waals surface area contributed by atoms with Crippen LogP contribution in [0.1, 0.15) is 30.9 Å². The van der Waals surface area contributed by atoms with E-state index in [-0.39, 0.29) is 0 Å². The summed E-state index contributed by atoms with van der Waals surface area (Å²) in [5, 5.41) is 6.85. The zero-order valence-electron chi connectivity index (χ0n) is 17.2. The van der Waals surface area contributed by atoms with E-state index in [2.05, 4.69) is 59.8 Å². The summed E-state index contributed by atoms with van der Waals surface area (Å²) in [5.74, 6) is 1.74. The Morgan fingerprint density at radius 3 is 2.33 bits per heavy atom. The third-order valence-electron chi connectivity index (χ3n) is 4.85. The normalized spacial score (nSPS) is 10.8. The van der Waals surface area contributed by atoms with E-state index in [4.69, 9.17) is 9.97 Å². The molecule has 2 aromatic heterocycles. The molecule has 0 saturated carbocycles. The maximum absolute atomic E-state index is 4.78. The average Bonchev–Trinajstić information content (AvgIpc) is 2.79. The van der Waals surface area contributed by atoms with Gasteiger partial charge in [-0.1, -0.05) is 62.4 Å². The summed E-state index contributed by atoms with van der Waals surface area (Å²) < 4.78 is 0. The molecule has 0 radical (unpaired) electrons. The summed E-state index contributed by atoms with van der Waals surface area (Å²) in [4.78, 5) is 13.6. The quantitative estimate of drug-likeness (QED) is 0.401. The van der Waals surface area contributed by atoms with Gasteiger partial charge in [-0.25, -0.2) is 4.98 Å². The average molecular weight is 396 g/mol. The van der Waals surface area contributed by atoms with E-state index in [0.717, 1.165) is 28.3 Å². The Morgan fingerprint density at radius 1 is 0.833 bits per heavy atom. The van der Waals surface area contributed by atoms with Gasteiger partial charge in [0.1, 0.15) is 5.82 Å². The minimum Gasteiger partial charge on any atom is -0.366 e. The molecule has 0 bridgehead atoms. The highest BCUT2D eigenvalue weighted by Crippen LogP contribution is 2.28. The smallest absolute Gasteiger partial charge is 0.229 e. The molecular formula is C25H25N5. The Hall–Kier alpha value is -3.73. The van der Waals surface area contributed by atoms with Crippen LogP contribution in [0.4, 0.5) is 17.5 Å². The molecule has 2 heterocycles. The van der Waals surface area contributed by atoms with Crippen molar-refractivity contribution in [1.29, 1.82) is 0 Å². The molecule has 2 aromatic carbocycles. The van der Waals surface area contributed by atoms with Crippen molar-refractivity contribution < 1.29 is 0 Å². The van der Waals surface area contributed by atoms with Gasteiger partial charge in [-0.3, -0.25) is 4.98 Å². The van der Waals surface area contributed by atoms with Gasteiger partial charge in [0.2, 0.25) is 5.95 Å². The Labute approximate surface area is 177 Å². The highest BCUT2D eigenvalue weighted by Gasteiger charge is 2.11. The van der Waals surface area contributed by atoms with Crippen LogP contribution in [0.2, 0.25) is 0 Å². The van der Waals surface area contributed by atoms with Crippen LogP contribution < -0.4 is 10.6 Å². The van der Waals surface area contributed by atoms with Crippen LogP contribution in [0.3, 0.4) is 0 Å². The highest BCUT2D eigenvalue weighted by molar-refractivity contribution is 5.67. The van der Waals surface area contributed by atoms with E-state index in [1.54, 1.807) is 12.4 Å². The Balaban J connectivity index is 1.67. The second-order valence-corrected chi connectivity index (χ2v) is 7.40. The molecule has 5 nitrogen and oxygen atoms in total. The van der Waals surface area contributed by atoms with Crippen molar-refractivity contribution in [1.82, 2.24) is 15.0 Å². The molecule has 0 spiro atoms. The van der Waals surface area contributed by atoms with Crippen molar-refractivity contribution >= 4 is 17.5 Å². The van der Waals surface area contributed by atoms with E-state index >= 15 is 0 Å². The highest BCUT2D eigenvalue weighted by atomic mass is 15.1. The molecule has 0 amide bonds. The predicted octanol–water partition coefficient (Wildman–Crippen LogP) is 6.02. The molecule has 30 heavy (non-hydrogen) atoms. The Morgan fingerprint density at radius 2 is 1.57 bits per heavy atom. The van der Waals surface area contributed by atoms with Gasteiger partial charge in [0.15, 0.2) is 0 Å². The zero-order chi connectivity index (χ0) is 20.8. The molecule has 5 heteroatoms. The molecule has 0 aliphatic rings. The molecule has 0 aliphatic carbocycles. The lowest BCUT2D eigenvalue weighted by molar-refractivity contribution is 0.868. The van der Waals surface area contributed by atoms with Crippen LogP contribution in [-0.2, 0) is 6.54 Å². The van der Waals surface area contributed by atoms with Crippen LogP contribution >= 0.6 is 0 Å². The molecule has 4 aromatic rings. The first-order valence-electron chi connectivity index (χ1n) is 10.1. The summed E-state index contributed by atoms with van der Waals surface area (Å²) in [6.07, 6.45) is 3.59. The fourth-order valence-electron chi connectivity index (χ4n) is 3.28. The molecule has 150 valence electrons. The van der Waals surface area contributed by atoms with Crippen molar-refractivity contribution in [3.05, 3.63) is 96.3 Å². The zero-order valence-corrected chi connectivity index (χ0v) is 17.2. The van der Waals surface area contributed by atoms with E-state index in [1.165, 1.54) is 5.56 Å². The van der Waals surface area contributed by atoms with Crippen molar-refractivity contribution in [2.24, 2.45) is 0 Å². The summed E-state index contributed by atoms with van der Waals surface area (Å²) >= 11 is 0. The van der Waals surface area contributed by atoms with Gasteiger partial charge < -0.3 is 10.6 Å². The van der Waals surface area contributed by atoms with Gasteiger partial charge in [-0.15, -0.1) is 0 Å². The summed E-state index contributed by atoms with van der Waals surface area (Å²) in [5.41, 5.74) is 5.32. The standard InChI is InChI=1S/C25H25N5/c1-18(2)21-10-6-7-11-22(21)28-25-29-23(20-8-4-3-5-9-20)16-24(30-25)27-17-19-12-14-26-15-13-19/h3-16,18H,17H2,1-2H3,(H2,27,28,29,30). The van der Waals surface area contributed by atoms with Crippen LogP contribution in [0, 0.1) is 0 Å². The van der Waals surface area contributed by atoms with Gasteiger partial charge in [0.25, 0.3) is 0 Å². The van der Waals surface area contributed by atoms with Gasteiger partial charge >= 0.3 is 0 Å². The molecule has 0 unspecified atom stereocenters. The number of pyridine rings is 1. The lowest BCUT2D eigenvalue weighted by Crippen LogP contribution is -2.06. The van der Waals surface area contributed by atoms with Gasteiger partial charge in [-0.05, 0) is 35.2 Å². The van der Waals surface area contributed by atoms with E-state index < -0.39 is 0 Å². The SMILES string of the molecule is CC(C)c1ccccc1Nc1nc(NCc2ccncc2)cc(-c2ccccc2)n1. The minimum absolute atomic E-state index is 0.398. The van der Waals surface area contributed by atoms with Crippen LogP contribution in [-0.4, -0.2) is 15.0 Å². The molecule has 2 N–H and O–H groups in total. The molecule has 0 fully saturated rings. The van der Waals surface area contributed by atoms with E-state index in [0.29, 0.717) is 18.4 Å².